The van der Waals surface area contributed by atoms with Crippen LogP contribution in [0.2, 0.25) is 0 Å². The van der Waals surface area contributed by atoms with Crippen LogP contribution in [0.1, 0.15) is 47.7 Å². The normalized spacial score (nSPS) is 17.3. The summed E-state index contributed by atoms with van der Waals surface area (Å²) in [6.07, 6.45) is -0.156. The first kappa shape index (κ1) is 20.5. The lowest BCUT2D eigenvalue weighted by Gasteiger charge is -2.32. The maximum absolute atomic E-state index is 13.5. The predicted molar refractivity (Wildman–Crippen MR) is 106 cm³/mol. The minimum absolute atomic E-state index is 0.134. The Morgan fingerprint density at radius 3 is 2.87 bits per heavy atom. The summed E-state index contributed by atoms with van der Waals surface area (Å²) in [5.41, 5.74) is -0.222. The third-order valence-corrected chi connectivity index (χ3v) is 6.05. The summed E-state index contributed by atoms with van der Waals surface area (Å²) >= 11 is 1.33. The fourth-order valence-corrected chi connectivity index (χ4v) is 4.32. The number of thiophene rings is 1. The number of hydrogen-bond donors (Lipinski definition) is 0. The van der Waals surface area contributed by atoms with E-state index < -0.39 is 11.9 Å². The predicted octanol–water partition coefficient (Wildman–Crippen LogP) is 4.46. The Labute approximate surface area is 175 Å². The Morgan fingerprint density at radius 2 is 2.17 bits per heavy atom. The fourth-order valence-electron chi connectivity index (χ4n) is 3.63. The fraction of sp³-hybridized carbons (Fsp3) is 0.400. The quantitative estimate of drug-likeness (QED) is 0.607. The van der Waals surface area contributed by atoms with E-state index in [1.54, 1.807) is 33.3 Å². The number of aromatic nitrogens is 4. The molecule has 0 saturated carbocycles. The van der Waals surface area contributed by atoms with Crippen molar-refractivity contribution < 1.29 is 18.0 Å². The topological polar surface area (TPSA) is 63.9 Å². The molecule has 0 unspecified atom stereocenters. The molecule has 0 bridgehead atoms. The van der Waals surface area contributed by atoms with E-state index >= 15 is 0 Å². The van der Waals surface area contributed by atoms with Crippen molar-refractivity contribution in [3.05, 3.63) is 53.3 Å². The highest BCUT2D eigenvalue weighted by molar-refractivity contribution is 7.13. The number of rotatable bonds is 4. The van der Waals surface area contributed by atoms with Crippen LogP contribution in [0.3, 0.4) is 0 Å². The van der Waals surface area contributed by atoms with Crippen LogP contribution in [0.4, 0.5) is 13.2 Å². The summed E-state index contributed by atoms with van der Waals surface area (Å²) < 4.78 is 42.2. The molecule has 4 heterocycles. The van der Waals surface area contributed by atoms with Gasteiger partial charge in [0.1, 0.15) is 17.2 Å². The summed E-state index contributed by atoms with van der Waals surface area (Å²) in [6, 6.07) is 4.49. The first-order valence-corrected chi connectivity index (χ1v) is 10.5. The summed E-state index contributed by atoms with van der Waals surface area (Å²) in [5, 5.41) is 1.79. The molecular weight excluding hydrogens is 415 g/mol. The number of imidazole rings is 1. The molecule has 158 valence electrons. The van der Waals surface area contributed by atoms with Crippen LogP contribution in [-0.4, -0.2) is 43.4 Å². The average molecular weight is 435 g/mol. The number of piperidine rings is 1. The largest absolute Gasteiger partial charge is 0.433 e. The maximum Gasteiger partial charge on any atom is 0.433 e. The first-order chi connectivity index (χ1) is 14.4. The van der Waals surface area contributed by atoms with E-state index in [0.717, 1.165) is 6.07 Å². The maximum atomic E-state index is 13.5. The monoisotopic (exact) mass is 435 g/mol. The molecule has 1 atom stereocenters. The molecule has 30 heavy (non-hydrogen) atoms. The lowest BCUT2D eigenvalue weighted by molar-refractivity contribution is -0.141. The van der Waals surface area contributed by atoms with E-state index in [2.05, 4.69) is 15.0 Å². The zero-order valence-corrected chi connectivity index (χ0v) is 17.1. The van der Waals surface area contributed by atoms with Crippen LogP contribution in [0, 0.1) is 0 Å². The van der Waals surface area contributed by atoms with Crippen molar-refractivity contribution >= 4 is 17.2 Å². The van der Waals surface area contributed by atoms with Crippen LogP contribution < -0.4 is 0 Å². The first-order valence-electron chi connectivity index (χ1n) is 9.66. The molecule has 3 aromatic rings. The molecule has 0 radical (unpaired) electrons. The molecule has 4 rings (SSSR count). The van der Waals surface area contributed by atoms with Gasteiger partial charge in [0.2, 0.25) is 0 Å². The minimum Gasteiger partial charge on any atom is -0.337 e. The Morgan fingerprint density at radius 1 is 1.33 bits per heavy atom. The lowest BCUT2D eigenvalue weighted by atomic mass is 9.96. The average Bonchev–Trinajstić information content (AvgIpc) is 3.44. The molecule has 0 aromatic carbocycles. The van der Waals surface area contributed by atoms with Gasteiger partial charge in [-0.25, -0.2) is 15.0 Å². The number of halogens is 3. The van der Waals surface area contributed by atoms with Crippen LogP contribution in [-0.2, 0) is 12.7 Å². The third-order valence-electron chi connectivity index (χ3n) is 5.15. The summed E-state index contributed by atoms with van der Waals surface area (Å²) in [5.74, 6) is -0.402. The van der Waals surface area contributed by atoms with E-state index in [0.29, 0.717) is 36.5 Å². The van der Waals surface area contributed by atoms with Crippen molar-refractivity contribution in [3.63, 3.8) is 0 Å². The molecule has 1 aliphatic heterocycles. The Kier molecular flexibility index (Phi) is 5.59. The number of aryl methyl sites for hydroxylation is 1. The highest BCUT2D eigenvalue weighted by Gasteiger charge is 2.36. The lowest BCUT2D eigenvalue weighted by Crippen LogP contribution is -2.40. The number of carbonyl (C=O) groups is 1. The van der Waals surface area contributed by atoms with Crippen LogP contribution in [0.25, 0.3) is 10.6 Å². The van der Waals surface area contributed by atoms with Crippen LogP contribution in [0.5, 0.6) is 0 Å². The minimum atomic E-state index is -4.57. The van der Waals surface area contributed by atoms with Crippen molar-refractivity contribution in [3.8, 4) is 10.6 Å². The van der Waals surface area contributed by atoms with Gasteiger partial charge in [0.15, 0.2) is 0 Å². The molecule has 1 aliphatic rings. The second-order valence-electron chi connectivity index (χ2n) is 7.13. The zero-order valence-electron chi connectivity index (χ0n) is 16.3. The number of amides is 1. The molecule has 1 saturated heterocycles. The molecule has 6 nitrogen and oxygen atoms in total. The van der Waals surface area contributed by atoms with E-state index in [4.69, 9.17) is 0 Å². The van der Waals surface area contributed by atoms with Crippen molar-refractivity contribution in [2.24, 2.45) is 0 Å². The van der Waals surface area contributed by atoms with Crippen molar-refractivity contribution in [2.45, 2.75) is 38.4 Å². The van der Waals surface area contributed by atoms with Gasteiger partial charge < -0.3 is 9.47 Å². The second kappa shape index (κ2) is 8.17. The SMILES string of the molecule is CCn1cncc1C(=O)N1CCC[C@@H](c2nc(-c3cccs3)cc(C(F)(F)F)n2)C1. The molecule has 10 heteroatoms. The highest BCUT2D eigenvalue weighted by Crippen LogP contribution is 2.34. The van der Waals surface area contributed by atoms with Gasteiger partial charge in [0, 0.05) is 25.6 Å². The molecule has 1 fully saturated rings. The standard InChI is InChI=1S/C20H20F3N5OS/c1-2-27-12-24-10-15(27)19(29)28-7-3-5-13(11-28)18-25-14(16-6-4-8-30-16)9-17(26-18)20(21,22)23/h4,6,8-10,12-13H,2-3,5,7,11H2,1H3/t13-/m1/s1. The molecule has 1 amide bonds. The summed E-state index contributed by atoms with van der Waals surface area (Å²) in [4.78, 5) is 27.6. The van der Waals surface area contributed by atoms with E-state index in [1.807, 2.05) is 6.92 Å². The van der Waals surface area contributed by atoms with Gasteiger partial charge in [-0.2, -0.15) is 13.2 Å². The number of likely N-dealkylation sites (tertiary alicyclic amines) is 1. The van der Waals surface area contributed by atoms with Crippen LogP contribution in [0.15, 0.2) is 36.1 Å². The van der Waals surface area contributed by atoms with E-state index in [1.165, 1.54) is 17.5 Å². The van der Waals surface area contributed by atoms with Crippen molar-refractivity contribution in [1.82, 2.24) is 24.4 Å². The Bertz CT molecular complexity index is 1030. The molecule has 0 aliphatic carbocycles. The zero-order chi connectivity index (χ0) is 21.3. The van der Waals surface area contributed by atoms with Crippen LogP contribution >= 0.6 is 11.3 Å². The van der Waals surface area contributed by atoms with E-state index in [9.17, 15) is 18.0 Å². The third kappa shape index (κ3) is 4.09. The molecule has 0 spiro atoms. The van der Waals surface area contributed by atoms with Gasteiger partial charge in [-0.3, -0.25) is 4.79 Å². The molecule has 3 aromatic heterocycles. The molecular formula is C20H20F3N5OS. The number of carbonyl (C=O) groups excluding carboxylic acids is 1. The second-order valence-corrected chi connectivity index (χ2v) is 8.07. The smallest absolute Gasteiger partial charge is 0.337 e. The van der Waals surface area contributed by atoms with Gasteiger partial charge in [-0.05, 0) is 37.3 Å². The molecule has 0 N–H and O–H groups in total. The van der Waals surface area contributed by atoms with Gasteiger partial charge in [0.05, 0.1) is 23.1 Å². The Balaban J connectivity index is 1.64. The Hall–Kier alpha value is -2.75. The van der Waals surface area contributed by atoms with E-state index in [-0.39, 0.29) is 29.9 Å². The van der Waals surface area contributed by atoms with Gasteiger partial charge in [-0.1, -0.05) is 6.07 Å². The number of nitrogens with zero attached hydrogens (tertiary/aromatic N) is 5. The van der Waals surface area contributed by atoms with Gasteiger partial charge in [-0.15, -0.1) is 11.3 Å². The number of hydrogen-bond acceptors (Lipinski definition) is 5. The van der Waals surface area contributed by atoms with Gasteiger partial charge >= 0.3 is 6.18 Å². The van der Waals surface area contributed by atoms with Crippen molar-refractivity contribution in [1.29, 1.82) is 0 Å². The highest BCUT2D eigenvalue weighted by atomic mass is 32.1. The van der Waals surface area contributed by atoms with Crippen molar-refractivity contribution in [2.75, 3.05) is 13.1 Å². The number of alkyl halides is 3. The van der Waals surface area contributed by atoms with Gasteiger partial charge in [0.25, 0.3) is 5.91 Å². The summed E-state index contributed by atoms with van der Waals surface area (Å²) in [6.45, 7) is 3.35. The summed E-state index contributed by atoms with van der Waals surface area (Å²) in [7, 11) is 0.